The zero-order valence-electron chi connectivity index (χ0n) is 18.8. The molecule has 2 aliphatic rings. The van der Waals surface area contributed by atoms with Crippen molar-refractivity contribution in [1.82, 2.24) is 9.80 Å². The van der Waals surface area contributed by atoms with Crippen LogP contribution in [0.5, 0.6) is 5.75 Å². The van der Waals surface area contributed by atoms with Gasteiger partial charge in [-0.1, -0.05) is 29.8 Å². The maximum Gasteiger partial charge on any atom is 0.123 e. The predicted molar refractivity (Wildman–Crippen MR) is 127 cm³/mol. The average Bonchev–Trinajstić information content (AvgIpc) is 2.85. The van der Waals surface area contributed by atoms with E-state index in [1.54, 1.807) is 12.1 Å². The first-order valence-corrected chi connectivity index (χ1v) is 12.1. The number of nitrogens with zero attached hydrogens (tertiary/aromatic N) is 3. The Morgan fingerprint density at radius 2 is 1.76 bits per heavy atom. The van der Waals surface area contributed by atoms with Crippen LogP contribution in [-0.2, 0) is 5.41 Å². The maximum absolute atomic E-state index is 13.0. The first kappa shape index (κ1) is 24.0. The van der Waals surface area contributed by atoms with Gasteiger partial charge in [-0.15, -0.1) is 0 Å². The molecule has 7 heteroatoms. The van der Waals surface area contributed by atoms with Crippen LogP contribution in [0, 0.1) is 17.1 Å². The van der Waals surface area contributed by atoms with E-state index in [1.807, 2.05) is 24.3 Å². The maximum atomic E-state index is 13.0. The lowest BCUT2D eigenvalue weighted by Gasteiger charge is -2.44. The molecule has 0 bridgehead atoms. The van der Waals surface area contributed by atoms with Crippen LogP contribution in [0.4, 0.5) is 4.39 Å². The van der Waals surface area contributed by atoms with E-state index < -0.39 is 11.5 Å². The molecule has 2 aromatic carbocycles. The van der Waals surface area contributed by atoms with Crippen LogP contribution in [0.3, 0.4) is 0 Å². The van der Waals surface area contributed by atoms with Gasteiger partial charge in [0, 0.05) is 43.8 Å². The molecule has 1 N–H and O–H groups in total. The van der Waals surface area contributed by atoms with Gasteiger partial charge in [-0.05, 0) is 61.6 Å². The van der Waals surface area contributed by atoms with Gasteiger partial charge in [0.1, 0.15) is 24.3 Å². The van der Waals surface area contributed by atoms with Crippen LogP contribution in [0.2, 0.25) is 5.02 Å². The molecule has 0 radical (unpaired) electrons. The fourth-order valence-electron chi connectivity index (χ4n) is 5.14. The Morgan fingerprint density at radius 1 is 1.09 bits per heavy atom. The minimum absolute atomic E-state index is 0.187. The van der Waals surface area contributed by atoms with Crippen LogP contribution in [0.25, 0.3) is 0 Å². The minimum Gasteiger partial charge on any atom is -0.491 e. The number of piperazine rings is 1. The fourth-order valence-corrected chi connectivity index (χ4v) is 5.45. The lowest BCUT2D eigenvalue weighted by molar-refractivity contribution is 0.0286. The highest BCUT2D eigenvalue weighted by Crippen LogP contribution is 2.43. The molecule has 1 saturated heterocycles. The molecule has 1 saturated carbocycles. The van der Waals surface area contributed by atoms with Gasteiger partial charge in [0.25, 0.3) is 0 Å². The number of aliphatic hydroxyl groups is 1. The Balaban J connectivity index is 1.21. The number of β-amino-alcohol motifs (C(OH)–C–C–N with tert-alkyl or cyclic N) is 1. The predicted octanol–water partition coefficient (Wildman–Crippen LogP) is 4.24. The van der Waals surface area contributed by atoms with E-state index in [-0.39, 0.29) is 12.4 Å². The highest BCUT2D eigenvalue weighted by molar-refractivity contribution is 6.31. The summed E-state index contributed by atoms with van der Waals surface area (Å²) in [5.74, 6) is 0.253. The largest absolute Gasteiger partial charge is 0.491 e. The van der Waals surface area contributed by atoms with Crippen molar-refractivity contribution in [2.75, 3.05) is 39.3 Å². The lowest BCUT2D eigenvalue weighted by atomic mass is 9.69. The normalized spacial score (nSPS) is 25.3. The molecule has 4 rings (SSSR count). The first-order valence-electron chi connectivity index (χ1n) is 11.7. The Morgan fingerprint density at radius 3 is 2.39 bits per heavy atom. The van der Waals surface area contributed by atoms with E-state index in [4.69, 9.17) is 16.3 Å². The van der Waals surface area contributed by atoms with Gasteiger partial charge in [-0.25, -0.2) is 4.39 Å². The monoisotopic (exact) mass is 471 g/mol. The van der Waals surface area contributed by atoms with E-state index in [2.05, 4.69) is 15.9 Å². The number of hydrogen-bond donors (Lipinski definition) is 1. The van der Waals surface area contributed by atoms with Crippen LogP contribution in [0.1, 0.15) is 31.2 Å². The molecule has 176 valence electrons. The van der Waals surface area contributed by atoms with Gasteiger partial charge in [-0.2, -0.15) is 5.26 Å². The molecule has 1 aliphatic heterocycles. The Kier molecular flexibility index (Phi) is 7.87. The second-order valence-corrected chi connectivity index (χ2v) is 9.57. The van der Waals surface area contributed by atoms with E-state index in [0.717, 1.165) is 57.4 Å². The summed E-state index contributed by atoms with van der Waals surface area (Å²) in [6, 6.07) is 16.6. The zero-order valence-corrected chi connectivity index (χ0v) is 19.6. The van der Waals surface area contributed by atoms with Gasteiger partial charge in [0.2, 0.25) is 0 Å². The van der Waals surface area contributed by atoms with Crippen LogP contribution >= 0.6 is 11.6 Å². The SMILES string of the molecule is N#C[C@]1(c2ccccc2Cl)CC[C@H](N2CCN(CC(O)COc3ccc(F)cc3)CC2)CC1. The van der Waals surface area contributed by atoms with Crippen molar-refractivity contribution in [2.45, 2.75) is 43.2 Å². The molecule has 1 heterocycles. The molecule has 0 amide bonds. The van der Waals surface area contributed by atoms with Crippen LogP contribution < -0.4 is 4.74 Å². The smallest absolute Gasteiger partial charge is 0.123 e. The summed E-state index contributed by atoms with van der Waals surface area (Å²) in [5.41, 5.74) is 0.486. The van der Waals surface area contributed by atoms with Crippen molar-refractivity contribution in [3.8, 4) is 11.8 Å². The van der Waals surface area contributed by atoms with Gasteiger partial charge < -0.3 is 9.84 Å². The average molecular weight is 472 g/mol. The number of hydrogen-bond acceptors (Lipinski definition) is 5. The number of ether oxygens (including phenoxy) is 1. The number of halogens is 2. The molecule has 1 atom stereocenters. The van der Waals surface area contributed by atoms with E-state index >= 15 is 0 Å². The Labute approximate surface area is 200 Å². The topological polar surface area (TPSA) is 59.7 Å². The molecular weight excluding hydrogens is 441 g/mol. The Hall–Kier alpha value is -2.17. The van der Waals surface area contributed by atoms with Crippen LogP contribution in [-0.4, -0.2) is 66.4 Å². The molecular formula is C26H31ClFN3O2. The van der Waals surface area contributed by atoms with Crippen molar-refractivity contribution < 1.29 is 14.2 Å². The van der Waals surface area contributed by atoms with Crippen molar-refractivity contribution >= 4 is 11.6 Å². The second-order valence-electron chi connectivity index (χ2n) is 9.16. The minimum atomic E-state index is -0.594. The Bertz CT molecular complexity index is 949. The van der Waals surface area contributed by atoms with E-state index in [1.165, 1.54) is 12.1 Å². The third-order valence-corrected chi connectivity index (χ3v) is 7.39. The zero-order chi connectivity index (χ0) is 23.3. The quantitative estimate of drug-likeness (QED) is 0.654. The van der Waals surface area contributed by atoms with E-state index in [0.29, 0.717) is 23.4 Å². The van der Waals surface area contributed by atoms with Crippen molar-refractivity contribution in [3.63, 3.8) is 0 Å². The third-order valence-electron chi connectivity index (χ3n) is 7.06. The number of nitriles is 1. The summed E-state index contributed by atoms with van der Waals surface area (Å²) in [5, 5.41) is 21.0. The highest BCUT2D eigenvalue weighted by Gasteiger charge is 2.40. The summed E-state index contributed by atoms with van der Waals surface area (Å²) < 4.78 is 18.5. The summed E-state index contributed by atoms with van der Waals surface area (Å²) in [6.45, 7) is 4.47. The standard InChI is InChI=1S/C26H31ClFN3O2/c27-25-4-2-1-3-24(25)26(19-29)11-9-21(10-12-26)31-15-13-30(14-16-31)17-22(32)18-33-23-7-5-20(28)6-8-23/h1-8,21-22,32H,9-18H2/t21-,22?,26-. The van der Waals surface area contributed by atoms with Crippen LogP contribution in [0.15, 0.2) is 48.5 Å². The molecule has 1 aliphatic carbocycles. The third kappa shape index (κ3) is 5.85. The molecule has 33 heavy (non-hydrogen) atoms. The highest BCUT2D eigenvalue weighted by atomic mass is 35.5. The summed E-state index contributed by atoms with van der Waals surface area (Å²) in [7, 11) is 0. The fraction of sp³-hybridized carbons (Fsp3) is 0.500. The molecule has 2 fully saturated rings. The summed E-state index contributed by atoms with van der Waals surface area (Å²) in [4.78, 5) is 4.80. The molecule has 0 aromatic heterocycles. The van der Waals surface area contributed by atoms with Crippen molar-refractivity contribution in [1.29, 1.82) is 5.26 Å². The van der Waals surface area contributed by atoms with Gasteiger partial charge in [-0.3, -0.25) is 9.80 Å². The van der Waals surface area contributed by atoms with Gasteiger partial charge in [0.05, 0.1) is 11.5 Å². The molecule has 5 nitrogen and oxygen atoms in total. The number of rotatable bonds is 7. The number of benzene rings is 2. The molecule has 2 aromatic rings. The van der Waals surface area contributed by atoms with Gasteiger partial charge in [0.15, 0.2) is 0 Å². The second kappa shape index (κ2) is 10.8. The van der Waals surface area contributed by atoms with Gasteiger partial charge >= 0.3 is 0 Å². The molecule has 1 unspecified atom stereocenters. The molecule has 0 spiro atoms. The first-order chi connectivity index (χ1) is 16.0. The van der Waals surface area contributed by atoms with E-state index in [9.17, 15) is 14.8 Å². The summed E-state index contributed by atoms with van der Waals surface area (Å²) >= 11 is 6.42. The van der Waals surface area contributed by atoms with Crippen molar-refractivity contribution in [3.05, 3.63) is 64.9 Å². The lowest BCUT2D eigenvalue weighted by Crippen LogP contribution is -2.53. The summed E-state index contributed by atoms with van der Waals surface area (Å²) in [6.07, 6.45) is 3.05. The van der Waals surface area contributed by atoms with Crippen molar-refractivity contribution in [2.24, 2.45) is 0 Å². The number of aliphatic hydroxyl groups excluding tert-OH is 1.